The first-order valence-corrected chi connectivity index (χ1v) is 12.7. The summed E-state index contributed by atoms with van der Waals surface area (Å²) in [5.41, 5.74) is 3.50. The normalized spacial score (nSPS) is 10.6. The molecule has 190 valence electrons. The van der Waals surface area contributed by atoms with Crippen molar-refractivity contribution in [3.63, 3.8) is 0 Å². The Bertz CT molecular complexity index is 2030. The summed E-state index contributed by atoms with van der Waals surface area (Å²) < 4.78 is 9.61. The molecule has 0 unspecified atom stereocenters. The SMILES string of the molecule is COC(=O)c1cc(C#Cc2cccc(C#Cc3ccc4ccc5cccc6ccc3c4c56)c2)cc(C(=O)OC)c1. The van der Waals surface area contributed by atoms with E-state index >= 15 is 0 Å². The first-order valence-electron chi connectivity index (χ1n) is 12.7. The Morgan fingerprint density at radius 3 is 1.70 bits per heavy atom. The van der Waals surface area contributed by atoms with Crippen LogP contribution in [0.3, 0.4) is 0 Å². The number of ether oxygens (including phenoxy) is 2. The lowest BCUT2D eigenvalue weighted by Crippen LogP contribution is -2.07. The average Bonchev–Trinajstić information content (AvgIpc) is 3.01. The second kappa shape index (κ2) is 10.3. The molecular formula is C36H22O4. The Morgan fingerprint density at radius 2 is 1.05 bits per heavy atom. The van der Waals surface area contributed by atoms with E-state index in [1.807, 2.05) is 24.3 Å². The third-order valence-electron chi connectivity index (χ3n) is 6.86. The molecule has 0 aliphatic carbocycles. The molecule has 0 N–H and O–H groups in total. The van der Waals surface area contributed by atoms with Gasteiger partial charge in [0.05, 0.1) is 25.3 Å². The molecule has 40 heavy (non-hydrogen) atoms. The van der Waals surface area contributed by atoms with Gasteiger partial charge in [0.2, 0.25) is 0 Å². The number of benzene rings is 6. The molecule has 0 aliphatic heterocycles. The lowest BCUT2D eigenvalue weighted by molar-refractivity contribution is 0.0599. The predicted molar refractivity (Wildman–Crippen MR) is 158 cm³/mol. The van der Waals surface area contributed by atoms with Crippen molar-refractivity contribution in [2.75, 3.05) is 14.2 Å². The molecule has 4 nitrogen and oxygen atoms in total. The van der Waals surface area contributed by atoms with E-state index in [0.717, 1.165) is 22.1 Å². The van der Waals surface area contributed by atoms with Gasteiger partial charge in [-0.25, -0.2) is 9.59 Å². The van der Waals surface area contributed by atoms with E-state index in [-0.39, 0.29) is 11.1 Å². The van der Waals surface area contributed by atoms with Gasteiger partial charge in [0.25, 0.3) is 0 Å². The van der Waals surface area contributed by atoms with E-state index in [1.54, 1.807) is 12.1 Å². The number of methoxy groups -OCH3 is 2. The number of hydrogen-bond acceptors (Lipinski definition) is 4. The van der Waals surface area contributed by atoms with Crippen molar-refractivity contribution in [2.45, 2.75) is 0 Å². The lowest BCUT2D eigenvalue weighted by Gasteiger charge is -2.11. The fourth-order valence-electron chi connectivity index (χ4n) is 4.97. The van der Waals surface area contributed by atoms with E-state index in [2.05, 4.69) is 78.3 Å². The van der Waals surface area contributed by atoms with Crippen molar-refractivity contribution in [1.82, 2.24) is 0 Å². The van der Waals surface area contributed by atoms with Crippen molar-refractivity contribution in [3.05, 3.63) is 130 Å². The third-order valence-corrected chi connectivity index (χ3v) is 6.86. The van der Waals surface area contributed by atoms with Crippen molar-refractivity contribution >= 4 is 44.3 Å². The second-order valence-electron chi connectivity index (χ2n) is 9.33. The van der Waals surface area contributed by atoms with Crippen molar-refractivity contribution in [2.24, 2.45) is 0 Å². The summed E-state index contributed by atoms with van der Waals surface area (Å²) in [5, 5.41) is 7.30. The Morgan fingerprint density at radius 1 is 0.525 bits per heavy atom. The molecule has 0 heterocycles. The molecule has 0 aliphatic rings. The van der Waals surface area contributed by atoms with E-state index in [0.29, 0.717) is 5.56 Å². The minimum absolute atomic E-state index is 0.225. The molecule has 6 aromatic carbocycles. The quantitative estimate of drug-likeness (QED) is 0.141. The summed E-state index contributed by atoms with van der Waals surface area (Å²) in [6, 6.07) is 31.5. The van der Waals surface area contributed by atoms with Gasteiger partial charge in [-0.2, -0.15) is 0 Å². The second-order valence-corrected chi connectivity index (χ2v) is 9.33. The summed E-state index contributed by atoms with van der Waals surface area (Å²) >= 11 is 0. The molecule has 0 atom stereocenters. The Labute approximate surface area is 231 Å². The highest BCUT2D eigenvalue weighted by molar-refractivity contribution is 6.23. The number of carbonyl (C=O) groups is 2. The lowest BCUT2D eigenvalue weighted by atomic mass is 9.92. The molecule has 6 aromatic rings. The van der Waals surface area contributed by atoms with Gasteiger partial charge in [-0.05, 0) is 74.8 Å². The van der Waals surface area contributed by atoms with Gasteiger partial charge in [-0.3, -0.25) is 0 Å². The highest BCUT2D eigenvalue weighted by atomic mass is 16.5. The van der Waals surface area contributed by atoms with Gasteiger partial charge in [-0.15, -0.1) is 0 Å². The summed E-state index contributed by atoms with van der Waals surface area (Å²) in [6.45, 7) is 0. The molecule has 0 radical (unpaired) electrons. The Balaban J connectivity index is 1.35. The molecule has 0 saturated carbocycles. The fourth-order valence-corrected chi connectivity index (χ4v) is 4.97. The van der Waals surface area contributed by atoms with E-state index < -0.39 is 11.9 Å². The number of hydrogen-bond donors (Lipinski definition) is 0. The van der Waals surface area contributed by atoms with Crippen molar-refractivity contribution in [1.29, 1.82) is 0 Å². The van der Waals surface area contributed by atoms with Crippen LogP contribution in [0.4, 0.5) is 0 Å². The fraction of sp³-hybridized carbons (Fsp3) is 0.0556. The summed E-state index contributed by atoms with van der Waals surface area (Å²) in [6.07, 6.45) is 0. The van der Waals surface area contributed by atoms with Gasteiger partial charge in [0, 0.05) is 22.3 Å². The molecule has 4 heteroatoms. The molecule has 0 aromatic heterocycles. The van der Waals surface area contributed by atoms with E-state index in [1.165, 1.54) is 47.2 Å². The van der Waals surface area contributed by atoms with Crippen LogP contribution in [-0.2, 0) is 9.47 Å². The van der Waals surface area contributed by atoms with Crippen LogP contribution < -0.4 is 0 Å². The smallest absolute Gasteiger partial charge is 0.337 e. The van der Waals surface area contributed by atoms with Gasteiger partial charge in [0.15, 0.2) is 0 Å². The van der Waals surface area contributed by atoms with Crippen LogP contribution in [0.2, 0.25) is 0 Å². The highest BCUT2D eigenvalue weighted by Gasteiger charge is 2.13. The first-order chi connectivity index (χ1) is 19.5. The van der Waals surface area contributed by atoms with Crippen molar-refractivity contribution < 1.29 is 19.1 Å². The van der Waals surface area contributed by atoms with Gasteiger partial charge < -0.3 is 9.47 Å². The molecule has 0 saturated heterocycles. The largest absolute Gasteiger partial charge is 0.465 e. The topological polar surface area (TPSA) is 52.6 Å². The Hall–Kier alpha value is -5.58. The monoisotopic (exact) mass is 518 g/mol. The van der Waals surface area contributed by atoms with Crippen LogP contribution in [0.15, 0.2) is 97.1 Å². The maximum atomic E-state index is 12.1. The maximum absolute atomic E-state index is 12.1. The van der Waals surface area contributed by atoms with Crippen LogP contribution in [0, 0.1) is 23.7 Å². The van der Waals surface area contributed by atoms with Crippen molar-refractivity contribution in [3.8, 4) is 23.7 Å². The summed E-state index contributed by atoms with van der Waals surface area (Å²) in [7, 11) is 2.57. The van der Waals surface area contributed by atoms with Crippen LogP contribution in [0.25, 0.3) is 32.3 Å². The van der Waals surface area contributed by atoms with Crippen LogP contribution in [0.5, 0.6) is 0 Å². The number of rotatable bonds is 2. The molecular weight excluding hydrogens is 496 g/mol. The van der Waals surface area contributed by atoms with E-state index in [9.17, 15) is 9.59 Å². The molecule has 6 rings (SSSR count). The minimum atomic E-state index is -0.558. The standard InChI is InChI=1S/C36H22O4/c1-39-35(37)30-20-25(21-31(22-30)36(38)40-2)10-9-23-5-3-6-24(19-23)11-12-26-13-14-29-16-15-27-7-4-8-28-17-18-32(26)34(29)33(27)28/h3-8,13-22H,1-2H3. The molecule has 0 fully saturated rings. The van der Waals surface area contributed by atoms with Gasteiger partial charge >= 0.3 is 11.9 Å². The zero-order valence-corrected chi connectivity index (χ0v) is 21.9. The predicted octanol–water partition coefficient (Wildman–Crippen LogP) is 6.96. The molecule has 0 amide bonds. The summed E-state index contributed by atoms with van der Waals surface area (Å²) in [4.78, 5) is 24.2. The van der Waals surface area contributed by atoms with Crippen LogP contribution in [-0.4, -0.2) is 26.2 Å². The first kappa shape index (κ1) is 24.7. The van der Waals surface area contributed by atoms with Gasteiger partial charge in [0.1, 0.15) is 0 Å². The number of esters is 2. The zero-order chi connectivity index (χ0) is 27.6. The Kier molecular flexibility index (Phi) is 6.37. The highest BCUT2D eigenvalue weighted by Crippen LogP contribution is 2.35. The summed E-state index contributed by atoms with van der Waals surface area (Å²) in [5.74, 6) is 11.7. The zero-order valence-electron chi connectivity index (χ0n) is 21.9. The van der Waals surface area contributed by atoms with Crippen LogP contribution in [0.1, 0.15) is 43.0 Å². The third kappa shape index (κ3) is 4.60. The van der Waals surface area contributed by atoms with Gasteiger partial charge in [-0.1, -0.05) is 78.3 Å². The van der Waals surface area contributed by atoms with E-state index in [4.69, 9.17) is 9.47 Å². The molecule has 0 bridgehead atoms. The minimum Gasteiger partial charge on any atom is -0.465 e. The average molecular weight is 519 g/mol. The number of carbonyl (C=O) groups excluding carboxylic acids is 2. The van der Waals surface area contributed by atoms with Crippen LogP contribution >= 0.6 is 0 Å². The maximum Gasteiger partial charge on any atom is 0.337 e. The molecule has 0 spiro atoms.